The normalized spacial score (nSPS) is 11.8. The number of aryl methyl sites for hydroxylation is 1. The quantitative estimate of drug-likeness (QED) is 0.466. The van der Waals surface area contributed by atoms with Gasteiger partial charge in [0.25, 0.3) is 0 Å². The van der Waals surface area contributed by atoms with E-state index in [2.05, 4.69) is 22.9 Å². The Morgan fingerprint density at radius 1 is 1.25 bits per heavy atom. The van der Waals surface area contributed by atoms with Crippen molar-refractivity contribution in [3.63, 3.8) is 0 Å². The van der Waals surface area contributed by atoms with E-state index in [0.717, 1.165) is 34.7 Å². The van der Waals surface area contributed by atoms with Crippen LogP contribution in [0.3, 0.4) is 0 Å². The van der Waals surface area contributed by atoms with Crippen LogP contribution in [0.5, 0.6) is 0 Å². The number of carbonyl (C=O) groups is 2. The van der Waals surface area contributed by atoms with Crippen LogP contribution >= 0.6 is 27.5 Å². The lowest BCUT2D eigenvalue weighted by molar-refractivity contribution is -0.109. The van der Waals surface area contributed by atoms with Gasteiger partial charge < -0.3 is 9.53 Å². The smallest absolute Gasteiger partial charge is 0.338 e. The van der Waals surface area contributed by atoms with Crippen LogP contribution in [0.25, 0.3) is 0 Å². The molecule has 1 unspecified atom stereocenters. The Hall–Kier alpha value is -1.65. The number of carbonyl (C=O) groups excluding carboxylic acids is 2. The van der Waals surface area contributed by atoms with Crippen LogP contribution in [0.2, 0.25) is 5.02 Å². The Bertz CT molecular complexity index is 713. The van der Waals surface area contributed by atoms with Crippen LogP contribution in [0.1, 0.15) is 40.7 Å². The molecule has 0 spiro atoms. The van der Waals surface area contributed by atoms with Crippen molar-refractivity contribution >= 4 is 39.8 Å². The fourth-order valence-corrected chi connectivity index (χ4v) is 2.92. The van der Waals surface area contributed by atoms with E-state index in [9.17, 15) is 9.59 Å². The molecule has 0 amide bonds. The lowest BCUT2D eigenvalue weighted by atomic mass is 9.93. The summed E-state index contributed by atoms with van der Waals surface area (Å²) in [6.45, 7) is 2.07. The van der Waals surface area contributed by atoms with Crippen molar-refractivity contribution in [2.24, 2.45) is 0 Å². The van der Waals surface area contributed by atoms with E-state index in [0.29, 0.717) is 10.6 Å². The first-order valence-corrected chi connectivity index (χ1v) is 8.88. The summed E-state index contributed by atoms with van der Waals surface area (Å²) < 4.78 is 6.20. The number of ether oxygens (including phenoxy) is 1. The first-order valence-electron chi connectivity index (χ1n) is 7.71. The molecule has 1 atom stereocenters. The molecule has 0 aromatic heterocycles. The third-order valence-corrected chi connectivity index (χ3v) is 4.43. The first-order chi connectivity index (χ1) is 11.5. The molecule has 0 saturated heterocycles. The average Bonchev–Trinajstić information content (AvgIpc) is 2.57. The maximum atomic E-state index is 12.1. The van der Waals surface area contributed by atoms with E-state index in [4.69, 9.17) is 16.3 Å². The summed E-state index contributed by atoms with van der Waals surface area (Å²) in [5, 5.41) is 0.638. The molecule has 0 saturated carbocycles. The molecule has 0 bridgehead atoms. The Morgan fingerprint density at radius 2 is 1.96 bits per heavy atom. The minimum Gasteiger partial charge on any atom is -0.461 e. The number of halogens is 2. The average molecular weight is 410 g/mol. The molecule has 2 aromatic carbocycles. The van der Waals surface area contributed by atoms with Gasteiger partial charge in [0.1, 0.15) is 12.9 Å². The maximum Gasteiger partial charge on any atom is 0.338 e. The topological polar surface area (TPSA) is 43.4 Å². The zero-order chi connectivity index (χ0) is 17.5. The van der Waals surface area contributed by atoms with Gasteiger partial charge in [-0.2, -0.15) is 0 Å². The molecule has 0 aliphatic rings. The molecule has 2 aromatic rings. The summed E-state index contributed by atoms with van der Waals surface area (Å²) in [6.07, 6.45) is 2.58. The highest BCUT2D eigenvalue weighted by Crippen LogP contribution is 2.24. The number of rotatable bonds is 7. The van der Waals surface area contributed by atoms with Crippen LogP contribution in [0.4, 0.5) is 0 Å². The van der Waals surface area contributed by atoms with Crippen LogP contribution in [0.15, 0.2) is 46.9 Å². The molecule has 0 heterocycles. The minimum atomic E-state index is -0.497. The second kappa shape index (κ2) is 9.00. The maximum absolute atomic E-state index is 12.1. The Kier molecular flexibility index (Phi) is 7.00. The van der Waals surface area contributed by atoms with Crippen molar-refractivity contribution in [1.82, 2.24) is 0 Å². The second-order valence-electron chi connectivity index (χ2n) is 5.44. The van der Waals surface area contributed by atoms with Crippen molar-refractivity contribution in [1.29, 1.82) is 0 Å². The Labute approximate surface area is 155 Å². The van der Waals surface area contributed by atoms with Crippen molar-refractivity contribution in [2.75, 3.05) is 6.61 Å². The third-order valence-electron chi connectivity index (χ3n) is 3.66. The molecule has 3 nitrogen and oxygen atoms in total. The van der Waals surface area contributed by atoms with Crippen molar-refractivity contribution < 1.29 is 14.3 Å². The van der Waals surface area contributed by atoms with E-state index in [1.165, 1.54) is 0 Å². The van der Waals surface area contributed by atoms with Gasteiger partial charge in [-0.25, -0.2) is 4.79 Å². The Morgan fingerprint density at radius 3 is 2.58 bits per heavy atom. The van der Waals surface area contributed by atoms with Crippen LogP contribution in [0, 0.1) is 0 Å². The highest BCUT2D eigenvalue weighted by Gasteiger charge is 2.18. The summed E-state index contributed by atoms with van der Waals surface area (Å²) in [6, 6.07) is 12.3. The SMILES string of the molecule is CCCc1cc(Cl)ccc1C(C=O)COC(=O)c1ccc(Br)cc1. The first kappa shape index (κ1) is 18.7. The summed E-state index contributed by atoms with van der Waals surface area (Å²) in [5.41, 5.74) is 2.33. The van der Waals surface area contributed by atoms with Crippen molar-refractivity contribution in [3.8, 4) is 0 Å². The van der Waals surface area contributed by atoms with Gasteiger partial charge in [0, 0.05) is 9.50 Å². The zero-order valence-corrected chi connectivity index (χ0v) is 15.6. The standard InChI is InChI=1S/C19H18BrClO3/c1-2-3-14-10-17(21)8-9-18(14)15(11-22)12-24-19(23)13-4-6-16(20)7-5-13/h4-11,15H,2-3,12H2,1H3. The monoisotopic (exact) mass is 408 g/mol. The van der Waals surface area contributed by atoms with E-state index >= 15 is 0 Å². The van der Waals surface area contributed by atoms with Gasteiger partial charge in [-0.1, -0.05) is 46.9 Å². The highest BCUT2D eigenvalue weighted by molar-refractivity contribution is 9.10. The fraction of sp³-hybridized carbons (Fsp3) is 0.263. The van der Waals surface area contributed by atoms with Crippen LogP contribution in [-0.2, 0) is 16.0 Å². The summed E-state index contributed by atoms with van der Waals surface area (Å²) in [7, 11) is 0. The van der Waals surface area contributed by atoms with Crippen LogP contribution in [-0.4, -0.2) is 18.9 Å². The molecule has 5 heteroatoms. The predicted octanol–water partition coefficient (Wildman–Crippen LogP) is 5.19. The largest absolute Gasteiger partial charge is 0.461 e. The lowest BCUT2D eigenvalue weighted by Gasteiger charge is -2.16. The minimum absolute atomic E-state index is 0.0107. The molecule has 2 rings (SSSR count). The van der Waals surface area contributed by atoms with Crippen molar-refractivity contribution in [2.45, 2.75) is 25.7 Å². The number of benzene rings is 2. The summed E-state index contributed by atoms with van der Waals surface area (Å²) >= 11 is 9.36. The van der Waals surface area contributed by atoms with Gasteiger partial charge >= 0.3 is 5.97 Å². The van der Waals surface area contributed by atoms with E-state index in [-0.39, 0.29) is 6.61 Å². The van der Waals surface area contributed by atoms with E-state index < -0.39 is 11.9 Å². The van der Waals surface area contributed by atoms with Gasteiger partial charge in [0.2, 0.25) is 0 Å². The van der Waals surface area contributed by atoms with Gasteiger partial charge in [-0.3, -0.25) is 0 Å². The van der Waals surface area contributed by atoms with Crippen LogP contribution < -0.4 is 0 Å². The second-order valence-corrected chi connectivity index (χ2v) is 6.79. The zero-order valence-electron chi connectivity index (χ0n) is 13.3. The van der Waals surface area contributed by atoms with Crippen molar-refractivity contribution in [3.05, 3.63) is 68.7 Å². The molecule has 24 heavy (non-hydrogen) atoms. The number of aldehydes is 1. The number of hydrogen-bond acceptors (Lipinski definition) is 3. The molecule has 0 fully saturated rings. The third kappa shape index (κ3) is 4.92. The van der Waals surface area contributed by atoms with E-state index in [1.54, 1.807) is 30.3 Å². The van der Waals surface area contributed by atoms with Gasteiger partial charge in [-0.05, 0) is 53.9 Å². The van der Waals surface area contributed by atoms with Gasteiger partial charge in [0.05, 0.1) is 11.5 Å². The molecular formula is C19H18BrClO3. The van der Waals surface area contributed by atoms with E-state index in [1.807, 2.05) is 12.1 Å². The molecule has 126 valence electrons. The molecule has 0 aliphatic heterocycles. The molecule has 0 aliphatic carbocycles. The molecule has 0 radical (unpaired) electrons. The predicted molar refractivity (Wildman–Crippen MR) is 98.7 cm³/mol. The molecular weight excluding hydrogens is 392 g/mol. The lowest BCUT2D eigenvalue weighted by Crippen LogP contribution is -2.15. The Balaban J connectivity index is 2.11. The number of hydrogen-bond donors (Lipinski definition) is 0. The number of esters is 1. The molecule has 0 N–H and O–H groups in total. The highest BCUT2D eigenvalue weighted by atomic mass is 79.9. The summed E-state index contributed by atoms with van der Waals surface area (Å²) in [4.78, 5) is 23.6. The fourth-order valence-electron chi connectivity index (χ4n) is 2.46. The van der Waals surface area contributed by atoms with Gasteiger partial charge in [-0.15, -0.1) is 0 Å². The summed E-state index contributed by atoms with van der Waals surface area (Å²) in [5.74, 6) is -0.941. The van der Waals surface area contributed by atoms with Gasteiger partial charge in [0.15, 0.2) is 0 Å².